The molecule has 2 aromatic heterocycles. The Bertz CT molecular complexity index is 2290. The standard InChI is InChI=1S/C40H26FN3S/c1-25-18-20-32-33-17-9-16-31(37(33)45-36(32)22-25)28-14-8-15-29(23-28)34-24-30(19-21-35(34)41)40-43-38(26-10-4-2-5-11-26)42-39(44-40)27-12-6-3-7-13-27/h2-24H,1H3. The van der Waals surface area contributed by atoms with E-state index in [4.69, 9.17) is 15.0 Å². The molecule has 5 heteroatoms. The van der Waals surface area contributed by atoms with Gasteiger partial charge in [0, 0.05) is 42.4 Å². The van der Waals surface area contributed by atoms with Crippen molar-refractivity contribution < 1.29 is 4.39 Å². The second-order valence-electron chi connectivity index (χ2n) is 11.1. The van der Waals surface area contributed by atoms with E-state index in [1.165, 1.54) is 31.8 Å². The molecule has 0 radical (unpaired) electrons. The highest BCUT2D eigenvalue weighted by molar-refractivity contribution is 7.26. The third-order valence-electron chi connectivity index (χ3n) is 8.06. The Labute approximate surface area is 264 Å². The molecule has 0 amide bonds. The first-order chi connectivity index (χ1) is 22.1. The van der Waals surface area contributed by atoms with E-state index in [9.17, 15) is 0 Å². The van der Waals surface area contributed by atoms with Gasteiger partial charge in [-0.3, -0.25) is 0 Å². The summed E-state index contributed by atoms with van der Waals surface area (Å²) in [5.74, 6) is 1.33. The second-order valence-corrected chi connectivity index (χ2v) is 12.1. The molecule has 0 atom stereocenters. The van der Waals surface area contributed by atoms with Crippen molar-refractivity contribution in [1.82, 2.24) is 15.0 Å². The van der Waals surface area contributed by atoms with Crippen LogP contribution < -0.4 is 0 Å². The number of aryl methyl sites for hydroxylation is 1. The highest BCUT2D eigenvalue weighted by Crippen LogP contribution is 2.41. The number of hydrogen-bond acceptors (Lipinski definition) is 4. The van der Waals surface area contributed by atoms with Crippen LogP contribution in [0.25, 0.3) is 76.6 Å². The zero-order chi connectivity index (χ0) is 30.3. The van der Waals surface area contributed by atoms with Crippen LogP contribution in [0.4, 0.5) is 4.39 Å². The van der Waals surface area contributed by atoms with Crippen LogP contribution in [0, 0.1) is 12.7 Å². The lowest BCUT2D eigenvalue weighted by atomic mass is 9.96. The van der Waals surface area contributed by atoms with E-state index in [0.29, 0.717) is 23.0 Å². The van der Waals surface area contributed by atoms with Crippen LogP contribution in [-0.2, 0) is 0 Å². The molecular weight excluding hydrogens is 574 g/mol. The fourth-order valence-electron chi connectivity index (χ4n) is 5.81. The minimum Gasteiger partial charge on any atom is -0.208 e. The molecule has 0 unspecified atom stereocenters. The summed E-state index contributed by atoms with van der Waals surface area (Å²) in [4.78, 5) is 14.5. The van der Waals surface area contributed by atoms with Gasteiger partial charge in [-0.2, -0.15) is 0 Å². The lowest BCUT2D eigenvalue weighted by Crippen LogP contribution is -2.00. The van der Waals surface area contributed by atoms with Gasteiger partial charge in [-0.25, -0.2) is 19.3 Å². The maximum Gasteiger partial charge on any atom is 0.164 e. The molecule has 0 aliphatic rings. The third-order valence-corrected chi connectivity index (χ3v) is 9.26. The van der Waals surface area contributed by atoms with E-state index >= 15 is 4.39 Å². The monoisotopic (exact) mass is 599 g/mol. The molecular formula is C40H26FN3S. The van der Waals surface area contributed by atoms with Gasteiger partial charge in [0.1, 0.15) is 5.82 Å². The van der Waals surface area contributed by atoms with Crippen LogP contribution in [0.1, 0.15) is 5.56 Å². The first-order valence-electron chi connectivity index (χ1n) is 14.8. The molecule has 0 spiro atoms. The number of rotatable bonds is 5. The zero-order valence-electron chi connectivity index (χ0n) is 24.4. The van der Waals surface area contributed by atoms with Crippen LogP contribution in [-0.4, -0.2) is 15.0 Å². The zero-order valence-corrected chi connectivity index (χ0v) is 25.2. The second kappa shape index (κ2) is 11.2. The Morgan fingerprint density at radius 3 is 1.76 bits per heavy atom. The Morgan fingerprint density at radius 1 is 0.467 bits per heavy atom. The number of aromatic nitrogens is 3. The summed E-state index contributed by atoms with van der Waals surface area (Å²) in [6.07, 6.45) is 0. The van der Waals surface area contributed by atoms with E-state index in [1.54, 1.807) is 17.4 Å². The number of halogens is 1. The lowest BCUT2D eigenvalue weighted by Gasteiger charge is -2.11. The average molecular weight is 600 g/mol. The van der Waals surface area contributed by atoms with Crippen molar-refractivity contribution in [2.24, 2.45) is 0 Å². The maximum atomic E-state index is 15.6. The van der Waals surface area contributed by atoms with Gasteiger partial charge < -0.3 is 0 Å². The molecule has 3 nitrogen and oxygen atoms in total. The van der Waals surface area contributed by atoms with Gasteiger partial charge >= 0.3 is 0 Å². The van der Waals surface area contributed by atoms with E-state index < -0.39 is 0 Å². The van der Waals surface area contributed by atoms with Crippen molar-refractivity contribution in [1.29, 1.82) is 0 Å². The van der Waals surface area contributed by atoms with Crippen molar-refractivity contribution in [2.45, 2.75) is 6.92 Å². The van der Waals surface area contributed by atoms with Gasteiger partial charge in [-0.15, -0.1) is 11.3 Å². The summed E-state index contributed by atoms with van der Waals surface area (Å²) in [5.41, 5.74) is 7.22. The Kier molecular flexibility index (Phi) is 6.73. The van der Waals surface area contributed by atoms with Crippen LogP contribution in [0.3, 0.4) is 0 Å². The molecule has 8 rings (SSSR count). The van der Waals surface area contributed by atoms with Gasteiger partial charge in [0.15, 0.2) is 17.5 Å². The largest absolute Gasteiger partial charge is 0.208 e. The molecule has 0 saturated heterocycles. The third kappa shape index (κ3) is 5.07. The Hall–Kier alpha value is -5.52. The predicted molar refractivity (Wildman–Crippen MR) is 185 cm³/mol. The lowest BCUT2D eigenvalue weighted by molar-refractivity contribution is 0.631. The van der Waals surface area contributed by atoms with E-state index in [0.717, 1.165) is 33.4 Å². The van der Waals surface area contributed by atoms with Crippen molar-refractivity contribution >= 4 is 31.5 Å². The van der Waals surface area contributed by atoms with Crippen LogP contribution in [0.5, 0.6) is 0 Å². The number of fused-ring (bicyclic) bond motifs is 3. The van der Waals surface area contributed by atoms with E-state index in [2.05, 4.69) is 55.5 Å². The smallest absolute Gasteiger partial charge is 0.164 e. The minimum absolute atomic E-state index is 0.299. The fourth-order valence-corrected chi connectivity index (χ4v) is 7.15. The number of thiophene rings is 1. The van der Waals surface area contributed by atoms with Gasteiger partial charge in [-0.1, -0.05) is 109 Å². The van der Waals surface area contributed by atoms with E-state index in [1.807, 2.05) is 78.9 Å². The summed E-state index contributed by atoms with van der Waals surface area (Å²) >= 11 is 1.80. The molecule has 0 aliphatic carbocycles. The van der Waals surface area contributed by atoms with Crippen LogP contribution in [0.2, 0.25) is 0 Å². The van der Waals surface area contributed by atoms with Crippen molar-refractivity contribution in [2.75, 3.05) is 0 Å². The molecule has 214 valence electrons. The molecule has 8 aromatic rings. The van der Waals surface area contributed by atoms with Gasteiger partial charge in [0.25, 0.3) is 0 Å². The molecule has 0 bridgehead atoms. The maximum absolute atomic E-state index is 15.6. The molecule has 45 heavy (non-hydrogen) atoms. The number of nitrogens with zero attached hydrogens (tertiary/aromatic N) is 3. The van der Waals surface area contributed by atoms with Crippen molar-refractivity contribution in [3.05, 3.63) is 151 Å². The molecule has 0 N–H and O–H groups in total. The van der Waals surface area contributed by atoms with Crippen LogP contribution >= 0.6 is 11.3 Å². The number of benzene rings is 6. The van der Waals surface area contributed by atoms with Crippen molar-refractivity contribution in [3.63, 3.8) is 0 Å². The topological polar surface area (TPSA) is 38.7 Å². The highest BCUT2D eigenvalue weighted by atomic mass is 32.1. The fraction of sp³-hybridized carbons (Fsp3) is 0.0250. The summed E-state index contributed by atoms with van der Waals surface area (Å²) in [7, 11) is 0. The van der Waals surface area contributed by atoms with E-state index in [-0.39, 0.29) is 5.82 Å². The SMILES string of the molecule is Cc1ccc2c(c1)sc1c(-c3cccc(-c4cc(-c5nc(-c6ccccc6)nc(-c6ccccc6)n5)ccc4F)c3)cccc12. The Balaban J connectivity index is 1.24. The number of hydrogen-bond donors (Lipinski definition) is 0. The summed E-state index contributed by atoms with van der Waals surface area (Å²) in [5, 5.41) is 2.50. The summed E-state index contributed by atoms with van der Waals surface area (Å²) in [6.45, 7) is 2.12. The van der Waals surface area contributed by atoms with Gasteiger partial charge in [0.05, 0.1) is 0 Å². The summed E-state index contributed by atoms with van der Waals surface area (Å²) < 4.78 is 18.1. The Morgan fingerprint density at radius 2 is 1.07 bits per heavy atom. The quantitative estimate of drug-likeness (QED) is 0.198. The van der Waals surface area contributed by atoms with Crippen molar-refractivity contribution in [3.8, 4) is 56.4 Å². The van der Waals surface area contributed by atoms with Gasteiger partial charge in [-0.05, 0) is 59.5 Å². The van der Waals surface area contributed by atoms with Gasteiger partial charge in [0.2, 0.25) is 0 Å². The first kappa shape index (κ1) is 27.1. The molecule has 0 aliphatic heterocycles. The molecule has 6 aromatic carbocycles. The predicted octanol–water partition coefficient (Wildman–Crippen LogP) is 11.0. The first-order valence-corrected chi connectivity index (χ1v) is 15.6. The molecule has 0 saturated carbocycles. The molecule has 2 heterocycles. The average Bonchev–Trinajstić information content (AvgIpc) is 3.47. The molecule has 0 fully saturated rings. The van der Waals surface area contributed by atoms with Crippen LogP contribution in [0.15, 0.2) is 140 Å². The minimum atomic E-state index is -0.299. The summed E-state index contributed by atoms with van der Waals surface area (Å²) in [6, 6.07) is 46.0. The highest BCUT2D eigenvalue weighted by Gasteiger charge is 2.16. The normalized spacial score (nSPS) is 11.3.